The Bertz CT molecular complexity index is 490. The molecular formula is C15H19NO4. The predicted molar refractivity (Wildman–Crippen MR) is 77.1 cm³/mol. The van der Waals surface area contributed by atoms with Crippen LogP contribution in [0.1, 0.15) is 17.5 Å². The Balaban J connectivity index is 2.98. The van der Waals surface area contributed by atoms with E-state index in [9.17, 15) is 9.59 Å². The Morgan fingerprint density at radius 1 is 1.30 bits per heavy atom. The lowest BCUT2D eigenvalue weighted by molar-refractivity contribution is -0.136. The van der Waals surface area contributed by atoms with E-state index in [0.29, 0.717) is 5.69 Å². The summed E-state index contributed by atoms with van der Waals surface area (Å²) in [6.45, 7) is 7.47. The number of hydrogen-bond donors (Lipinski definition) is 1. The smallest absolute Gasteiger partial charge is 0.414 e. The standard InChI is InChI=1S/C15H19NO4/c1-4-7-20-15(19)16(6-5-14(17)18)13-9-11(2)8-12(3)10-13/h4,8-10H,1,5-7H2,2-3H3,(H,17,18). The number of hydrogen-bond acceptors (Lipinski definition) is 3. The van der Waals surface area contributed by atoms with E-state index in [-0.39, 0.29) is 19.6 Å². The largest absolute Gasteiger partial charge is 0.481 e. The van der Waals surface area contributed by atoms with Crippen molar-refractivity contribution in [3.63, 3.8) is 0 Å². The number of nitrogens with zero attached hydrogens (tertiary/aromatic N) is 1. The molecule has 0 atom stereocenters. The molecule has 0 saturated heterocycles. The first-order valence-electron chi connectivity index (χ1n) is 6.29. The maximum atomic E-state index is 12.0. The van der Waals surface area contributed by atoms with Crippen LogP contribution in [-0.4, -0.2) is 30.3 Å². The summed E-state index contributed by atoms with van der Waals surface area (Å²) < 4.78 is 5.00. The van der Waals surface area contributed by atoms with Gasteiger partial charge in [0, 0.05) is 12.2 Å². The van der Waals surface area contributed by atoms with Crippen LogP contribution in [0.3, 0.4) is 0 Å². The van der Waals surface area contributed by atoms with Crippen LogP contribution < -0.4 is 4.90 Å². The molecule has 1 rings (SSSR count). The highest BCUT2D eigenvalue weighted by Crippen LogP contribution is 2.20. The minimum Gasteiger partial charge on any atom is -0.481 e. The molecule has 5 nitrogen and oxygen atoms in total. The van der Waals surface area contributed by atoms with E-state index < -0.39 is 12.1 Å². The SMILES string of the molecule is C=CCOC(=O)N(CCC(=O)O)c1cc(C)cc(C)c1. The number of ether oxygens (including phenoxy) is 1. The molecule has 20 heavy (non-hydrogen) atoms. The number of rotatable bonds is 6. The molecule has 0 aliphatic carbocycles. The van der Waals surface area contributed by atoms with Crippen molar-refractivity contribution < 1.29 is 19.4 Å². The lowest BCUT2D eigenvalue weighted by Crippen LogP contribution is -2.33. The van der Waals surface area contributed by atoms with Gasteiger partial charge >= 0.3 is 12.1 Å². The van der Waals surface area contributed by atoms with E-state index in [0.717, 1.165) is 11.1 Å². The molecule has 1 aromatic carbocycles. The third-order valence-corrected chi connectivity index (χ3v) is 2.61. The lowest BCUT2D eigenvalue weighted by Gasteiger charge is -2.22. The molecule has 0 heterocycles. The van der Waals surface area contributed by atoms with Crippen LogP contribution in [0.4, 0.5) is 10.5 Å². The molecule has 1 N–H and O–H groups in total. The van der Waals surface area contributed by atoms with Gasteiger partial charge in [-0.25, -0.2) is 4.79 Å². The molecular weight excluding hydrogens is 258 g/mol. The molecule has 0 aromatic heterocycles. The molecule has 0 aliphatic heterocycles. The summed E-state index contributed by atoms with van der Waals surface area (Å²) in [6.07, 6.45) is 0.751. The van der Waals surface area contributed by atoms with Crippen LogP contribution in [0, 0.1) is 13.8 Å². The zero-order valence-electron chi connectivity index (χ0n) is 11.8. The average molecular weight is 277 g/mol. The molecule has 0 bridgehead atoms. The van der Waals surface area contributed by atoms with Crippen molar-refractivity contribution in [1.29, 1.82) is 0 Å². The van der Waals surface area contributed by atoms with Gasteiger partial charge in [0.2, 0.25) is 0 Å². The van der Waals surface area contributed by atoms with E-state index in [4.69, 9.17) is 9.84 Å². The second-order valence-corrected chi connectivity index (χ2v) is 4.51. The van der Waals surface area contributed by atoms with Gasteiger partial charge < -0.3 is 9.84 Å². The zero-order valence-corrected chi connectivity index (χ0v) is 11.8. The van der Waals surface area contributed by atoms with Gasteiger partial charge in [0.1, 0.15) is 6.61 Å². The molecule has 108 valence electrons. The first-order chi connectivity index (χ1) is 9.43. The fourth-order valence-electron chi connectivity index (χ4n) is 1.85. The second kappa shape index (κ2) is 7.33. The number of carboxylic acid groups (broad SMARTS) is 1. The van der Waals surface area contributed by atoms with Crippen molar-refractivity contribution in [1.82, 2.24) is 0 Å². The monoisotopic (exact) mass is 277 g/mol. The molecule has 0 spiro atoms. The van der Waals surface area contributed by atoms with Crippen molar-refractivity contribution in [2.45, 2.75) is 20.3 Å². The van der Waals surface area contributed by atoms with Crippen LogP contribution in [-0.2, 0) is 9.53 Å². The zero-order chi connectivity index (χ0) is 15.1. The topological polar surface area (TPSA) is 66.8 Å². The van der Waals surface area contributed by atoms with Crippen molar-refractivity contribution in [2.24, 2.45) is 0 Å². The van der Waals surface area contributed by atoms with Crippen LogP contribution in [0.25, 0.3) is 0 Å². The number of aryl methyl sites for hydroxylation is 2. The second-order valence-electron chi connectivity index (χ2n) is 4.51. The highest BCUT2D eigenvalue weighted by Gasteiger charge is 2.18. The number of anilines is 1. The minimum absolute atomic E-state index is 0.0637. The molecule has 0 unspecified atom stereocenters. The number of benzene rings is 1. The van der Waals surface area contributed by atoms with Crippen LogP contribution >= 0.6 is 0 Å². The molecule has 1 amide bonds. The Morgan fingerprint density at radius 3 is 2.40 bits per heavy atom. The van der Waals surface area contributed by atoms with E-state index in [1.165, 1.54) is 11.0 Å². The van der Waals surface area contributed by atoms with Gasteiger partial charge in [-0.05, 0) is 37.1 Å². The maximum Gasteiger partial charge on any atom is 0.414 e. The fourth-order valence-corrected chi connectivity index (χ4v) is 1.85. The van der Waals surface area contributed by atoms with Gasteiger partial charge in [0.25, 0.3) is 0 Å². The Hall–Kier alpha value is -2.30. The van der Waals surface area contributed by atoms with Gasteiger partial charge in [-0.2, -0.15) is 0 Å². The van der Waals surface area contributed by atoms with E-state index in [1.807, 2.05) is 32.0 Å². The van der Waals surface area contributed by atoms with Gasteiger partial charge in [-0.3, -0.25) is 9.69 Å². The Labute approximate surface area is 118 Å². The van der Waals surface area contributed by atoms with Gasteiger partial charge in [0.15, 0.2) is 0 Å². The van der Waals surface area contributed by atoms with Crippen LogP contribution in [0.15, 0.2) is 30.9 Å². The molecule has 5 heteroatoms. The summed E-state index contributed by atoms with van der Waals surface area (Å²) in [6, 6.07) is 5.63. The van der Waals surface area contributed by atoms with E-state index in [1.54, 1.807) is 0 Å². The van der Waals surface area contributed by atoms with Gasteiger partial charge in [-0.15, -0.1) is 0 Å². The summed E-state index contributed by atoms with van der Waals surface area (Å²) >= 11 is 0. The molecule has 0 aliphatic rings. The number of aliphatic carboxylic acids is 1. The molecule has 1 aromatic rings. The third-order valence-electron chi connectivity index (χ3n) is 2.61. The Kier molecular flexibility index (Phi) is 5.77. The number of carboxylic acids is 1. The van der Waals surface area contributed by atoms with Crippen LogP contribution in [0.5, 0.6) is 0 Å². The summed E-state index contributed by atoms with van der Waals surface area (Å²) in [4.78, 5) is 24.0. The van der Waals surface area contributed by atoms with Gasteiger partial charge in [-0.1, -0.05) is 18.7 Å². The third kappa shape index (κ3) is 4.76. The Morgan fingerprint density at radius 2 is 1.90 bits per heavy atom. The van der Waals surface area contributed by atoms with Gasteiger partial charge in [0.05, 0.1) is 6.42 Å². The predicted octanol–water partition coefficient (Wildman–Crippen LogP) is 2.91. The van der Waals surface area contributed by atoms with Crippen LogP contribution in [0.2, 0.25) is 0 Å². The quantitative estimate of drug-likeness (QED) is 0.812. The van der Waals surface area contributed by atoms with Crippen molar-refractivity contribution >= 4 is 17.7 Å². The normalized spacial score (nSPS) is 9.90. The summed E-state index contributed by atoms with van der Waals surface area (Å²) in [5.74, 6) is -0.962. The minimum atomic E-state index is -0.962. The first kappa shape index (κ1) is 15.8. The number of carbonyl (C=O) groups excluding carboxylic acids is 1. The highest BCUT2D eigenvalue weighted by atomic mass is 16.6. The number of carbonyl (C=O) groups is 2. The maximum absolute atomic E-state index is 12.0. The van der Waals surface area contributed by atoms with Crippen molar-refractivity contribution in [2.75, 3.05) is 18.1 Å². The molecule has 0 radical (unpaired) electrons. The summed E-state index contributed by atoms with van der Waals surface area (Å²) in [5, 5.41) is 8.78. The van der Waals surface area contributed by atoms with Crippen molar-refractivity contribution in [3.8, 4) is 0 Å². The van der Waals surface area contributed by atoms with Crippen molar-refractivity contribution in [3.05, 3.63) is 42.0 Å². The van der Waals surface area contributed by atoms with E-state index >= 15 is 0 Å². The van der Waals surface area contributed by atoms with E-state index in [2.05, 4.69) is 6.58 Å². The molecule has 0 fully saturated rings. The summed E-state index contributed by atoms with van der Waals surface area (Å²) in [7, 11) is 0. The average Bonchev–Trinajstić information content (AvgIpc) is 2.35. The fraction of sp³-hybridized carbons (Fsp3) is 0.333. The molecule has 0 saturated carbocycles. The number of amides is 1. The lowest BCUT2D eigenvalue weighted by atomic mass is 10.1. The summed E-state index contributed by atoms with van der Waals surface area (Å²) in [5.41, 5.74) is 2.63. The highest BCUT2D eigenvalue weighted by molar-refractivity contribution is 5.88. The first-order valence-corrected chi connectivity index (χ1v) is 6.29.